The largest absolute Gasteiger partial charge is 0.395 e. The molecule has 0 saturated carbocycles. The van der Waals surface area contributed by atoms with E-state index >= 15 is 0 Å². The van der Waals surface area contributed by atoms with Gasteiger partial charge in [0.2, 0.25) is 0 Å². The minimum Gasteiger partial charge on any atom is -0.395 e. The van der Waals surface area contributed by atoms with Crippen molar-refractivity contribution < 1.29 is 5.11 Å². The molecular formula is C12H16N4O. The average Bonchev–Trinajstić information content (AvgIpc) is 2.94. The summed E-state index contributed by atoms with van der Waals surface area (Å²) in [4.78, 5) is 7.24. The molecule has 0 aliphatic carbocycles. The Morgan fingerprint density at radius 1 is 1.47 bits per heavy atom. The van der Waals surface area contributed by atoms with E-state index < -0.39 is 0 Å². The molecule has 1 aliphatic heterocycles. The number of nitrogen functional groups attached to an aromatic ring is 1. The number of hydrogen-bond acceptors (Lipinski definition) is 4. The fourth-order valence-corrected chi connectivity index (χ4v) is 2.59. The molecule has 1 aliphatic rings. The minimum atomic E-state index is 0.197. The highest BCUT2D eigenvalue weighted by molar-refractivity contribution is 5.90. The summed E-state index contributed by atoms with van der Waals surface area (Å²) in [6, 6.07) is 2.48. The molecule has 0 spiro atoms. The third kappa shape index (κ3) is 1.67. The Morgan fingerprint density at radius 3 is 3.12 bits per heavy atom. The number of rotatable bonds is 2. The van der Waals surface area contributed by atoms with E-state index in [2.05, 4.69) is 15.3 Å². The number of H-pyrrole nitrogens is 1. The molecular weight excluding hydrogens is 216 g/mol. The van der Waals surface area contributed by atoms with Crippen molar-refractivity contribution in [2.24, 2.45) is 0 Å². The Hall–Kier alpha value is -1.59. The number of aromatic nitrogens is 2. The number of nitrogens with zero attached hydrogens (tertiary/aromatic N) is 1. The van der Waals surface area contributed by atoms with Crippen LogP contribution in [0.15, 0.2) is 18.5 Å². The first-order chi connectivity index (χ1) is 8.29. The lowest BCUT2D eigenvalue weighted by molar-refractivity contribution is 0.252. The van der Waals surface area contributed by atoms with Crippen LogP contribution < -0.4 is 11.1 Å². The van der Waals surface area contributed by atoms with Gasteiger partial charge in [0.05, 0.1) is 12.1 Å². The highest BCUT2D eigenvalue weighted by Gasteiger charge is 2.26. The molecule has 3 rings (SSSR count). The maximum absolute atomic E-state index is 9.14. The lowest BCUT2D eigenvalue weighted by Crippen LogP contribution is -2.27. The summed E-state index contributed by atoms with van der Waals surface area (Å²) in [5, 5.41) is 13.7. The van der Waals surface area contributed by atoms with Crippen LogP contribution in [0.5, 0.6) is 0 Å². The number of aromatic amines is 1. The summed E-state index contributed by atoms with van der Waals surface area (Å²) in [5.41, 5.74) is 7.93. The van der Waals surface area contributed by atoms with Crippen LogP contribution in [0.25, 0.3) is 10.9 Å². The highest BCUT2D eigenvalue weighted by Crippen LogP contribution is 2.32. The number of pyridine rings is 1. The van der Waals surface area contributed by atoms with Crippen LogP contribution in [-0.2, 0) is 0 Å². The van der Waals surface area contributed by atoms with E-state index in [1.54, 1.807) is 6.20 Å². The first-order valence-corrected chi connectivity index (χ1v) is 5.88. The zero-order chi connectivity index (χ0) is 11.8. The predicted molar refractivity (Wildman–Crippen MR) is 66.5 cm³/mol. The molecule has 3 heterocycles. The lowest BCUT2D eigenvalue weighted by atomic mass is 10.1. The van der Waals surface area contributed by atoms with Crippen LogP contribution in [0, 0.1) is 0 Å². The van der Waals surface area contributed by atoms with Crippen molar-refractivity contribution in [3.05, 3.63) is 24.0 Å². The van der Waals surface area contributed by atoms with E-state index in [0.717, 1.165) is 23.7 Å². The van der Waals surface area contributed by atoms with Crippen molar-refractivity contribution in [3.8, 4) is 0 Å². The lowest BCUT2D eigenvalue weighted by Gasteiger charge is -2.11. The van der Waals surface area contributed by atoms with Gasteiger partial charge in [0, 0.05) is 29.9 Å². The van der Waals surface area contributed by atoms with Gasteiger partial charge in [0.25, 0.3) is 0 Å². The average molecular weight is 232 g/mol. The Kier molecular flexibility index (Phi) is 2.49. The first kappa shape index (κ1) is 10.6. The van der Waals surface area contributed by atoms with Crippen LogP contribution >= 0.6 is 0 Å². The van der Waals surface area contributed by atoms with Crippen LogP contribution in [-0.4, -0.2) is 27.7 Å². The topological polar surface area (TPSA) is 87.0 Å². The summed E-state index contributed by atoms with van der Waals surface area (Å²) in [6.45, 7) is 0.197. The fourth-order valence-electron chi connectivity index (χ4n) is 2.59. The van der Waals surface area contributed by atoms with Crippen molar-refractivity contribution in [2.45, 2.75) is 24.9 Å². The molecule has 17 heavy (non-hydrogen) atoms. The second-order valence-corrected chi connectivity index (χ2v) is 4.54. The van der Waals surface area contributed by atoms with Gasteiger partial charge in [-0.1, -0.05) is 0 Å². The normalized spacial score (nSPS) is 24.5. The molecule has 1 fully saturated rings. The van der Waals surface area contributed by atoms with E-state index in [4.69, 9.17) is 10.8 Å². The van der Waals surface area contributed by atoms with Crippen molar-refractivity contribution >= 4 is 16.7 Å². The zero-order valence-corrected chi connectivity index (χ0v) is 9.48. The third-order valence-corrected chi connectivity index (χ3v) is 3.50. The van der Waals surface area contributed by atoms with Gasteiger partial charge >= 0.3 is 0 Å². The highest BCUT2D eigenvalue weighted by atomic mass is 16.3. The summed E-state index contributed by atoms with van der Waals surface area (Å²) >= 11 is 0. The molecule has 1 saturated heterocycles. The molecule has 5 N–H and O–H groups in total. The van der Waals surface area contributed by atoms with Gasteiger partial charge < -0.3 is 21.1 Å². The SMILES string of the molecule is Nc1nccc2c(C3CCC(CO)N3)c[nH]c12. The maximum Gasteiger partial charge on any atom is 0.147 e. The maximum atomic E-state index is 9.14. The fraction of sp³-hybridized carbons (Fsp3) is 0.417. The molecule has 0 bridgehead atoms. The van der Waals surface area contributed by atoms with Crippen LogP contribution in [0.3, 0.4) is 0 Å². The molecule has 90 valence electrons. The summed E-state index contributed by atoms with van der Waals surface area (Å²) in [7, 11) is 0. The summed E-state index contributed by atoms with van der Waals surface area (Å²) in [5.74, 6) is 0.533. The Labute approximate surface area is 99.0 Å². The van der Waals surface area contributed by atoms with Gasteiger partial charge in [0.15, 0.2) is 0 Å². The Morgan fingerprint density at radius 2 is 2.35 bits per heavy atom. The molecule has 2 aromatic rings. The number of nitrogens with one attached hydrogen (secondary N) is 2. The van der Waals surface area contributed by atoms with Crippen molar-refractivity contribution in [1.29, 1.82) is 0 Å². The first-order valence-electron chi connectivity index (χ1n) is 5.88. The van der Waals surface area contributed by atoms with Gasteiger partial charge in [0.1, 0.15) is 5.82 Å². The van der Waals surface area contributed by atoms with E-state index in [-0.39, 0.29) is 12.6 Å². The second-order valence-electron chi connectivity index (χ2n) is 4.54. The molecule has 5 heteroatoms. The standard InChI is InChI=1S/C12H16N4O/c13-12-11-8(3-4-14-12)9(5-15-11)10-2-1-7(6-17)16-10/h3-5,7,10,15-17H,1-2,6H2,(H2,13,14). The number of anilines is 1. The van der Waals surface area contributed by atoms with Gasteiger partial charge in [-0.05, 0) is 24.5 Å². The summed E-state index contributed by atoms with van der Waals surface area (Å²) in [6.07, 6.45) is 5.77. The monoisotopic (exact) mass is 232 g/mol. The predicted octanol–water partition coefficient (Wildman–Crippen LogP) is 0.930. The van der Waals surface area contributed by atoms with Gasteiger partial charge in [-0.25, -0.2) is 4.98 Å². The van der Waals surface area contributed by atoms with Crippen molar-refractivity contribution in [3.63, 3.8) is 0 Å². The minimum absolute atomic E-state index is 0.197. The number of fused-ring (bicyclic) bond motifs is 1. The Bertz CT molecular complexity index is 536. The Balaban J connectivity index is 1.99. The van der Waals surface area contributed by atoms with Crippen molar-refractivity contribution in [2.75, 3.05) is 12.3 Å². The molecule has 2 aromatic heterocycles. The van der Waals surface area contributed by atoms with Gasteiger partial charge in [-0.2, -0.15) is 0 Å². The van der Waals surface area contributed by atoms with Crippen LogP contribution in [0.1, 0.15) is 24.4 Å². The van der Waals surface area contributed by atoms with Crippen LogP contribution in [0.2, 0.25) is 0 Å². The van der Waals surface area contributed by atoms with E-state index in [1.165, 1.54) is 5.56 Å². The molecule has 2 atom stereocenters. The van der Waals surface area contributed by atoms with E-state index in [1.807, 2.05) is 12.3 Å². The van der Waals surface area contributed by atoms with Gasteiger partial charge in [-0.3, -0.25) is 0 Å². The molecule has 5 nitrogen and oxygen atoms in total. The number of aliphatic hydroxyl groups is 1. The van der Waals surface area contributed by atoms with E-state index in [0.29, 0.717) is 11.9 Å². The van der Waals surface area contributed by atoms with Crippen molar-refractivity contribution in [1.82, 2.24) is 15.3 Å². The second kappa shape index (κ2) is 4.01. The molecule has 0 aromatic carbocycles. The smallest absolute Gasteiger partial charge is 0.147 e. The zero-order valence-electron chi connectivity index (χ0n) is 9.48. The third-order valence-electron chi connectivity index (χ3n) is 3.50. The number of nitrogens with two attached hydrogens (primary N) is 1. The molecule has 0 radical (unpaired) electrons. The van der Waals surface area contributed by atoms with E-state index in [9.17, 15) is 0 Å². The summed E-state index contributed by atoms with van der Waals surface area (Å²) < 4.78 is 0. The number of aliphatic hydroxyl groups excluding tert-OH is 1. The van der Waals surface area contributed by atoms with Crippen LogP contribution in [0.4, 0.5) is 5.82 Å². The molecule has 0 amide bonds. The number of hydrogen-bond donors (Lipinski definition) is 4. The molecule has 2 unspecified atom stereocenters. The quantitative estimate of drug-likeness (QED) is 0.620. The van der Waals surface area contributed by atoms with Gasteiger partial charge in [-0.15, -0.1) is 0 Å².